The topological polar surface area (TPSA) is 29.5 Å². The zero-order valence-corrected chi connectivity index (χ0v) is 7.76. The summed E-state index contributed by atoms with van der Waals surface area (Å²) < 4.78 is 4.51. The molecule has 0 rings (SSSR count). The maximum atomic E-state index is 10.7. The molecule has 0 aliphatic rings. The second-order valence-electron chi connectivity index (χ2n) is 2.90. The number of nitrogens with zero attached hydrogens (tertiary/aromatic N) is 1. The lowest BCUT2D eigenvalue weighted by Gasteiger charge is -2.19. The van der Waals surface area contributed by atoms with E-state index >= 15 is 0 Å². The molecule has 0 atom stereocenters. The van der Waals surface area contributed by atoms with Crippen LogP contribution in [0.4, 0.5) is 0 Å². The quantitative estimate of drug-likeness (QED) is 0.570. The molecule has 66 valence electrons. The van der Waals surface area contributed by atoms with E-state index in [0.29, 0.717) is 12.5 Å². The molecule has 0 bridgehead atoms. The molecule has 0 amide bonds. The van der Waals surface area contributed by atoms with Crippen molar-refractivity contribution in [3.05, 3.63) is 0 Å². The van der Waals surface area contributed by atoms with Crippen LogP contribution in [0, 0.1) is 0 Å². The average Bonchev–Trinajstić information content (AvgIpc) is 1.99. The number of methoxy groups -OCH3 is 1. The number of rotatable bonds is 4. The van der Waals surface area contributed by atoms with Crippen molar-refractivity contribution in [3.63, 3.8) is 0 Å². The van der Waals surface area contributed by atoms with Crippen molar-refractivity contribution in [2.75, 3.05) is 20.7 Å². The highest BCUT2D eigenvalue weighted by Gasteiger charge is 2.05. The number of carbonyl (C=O) groups is 1. The van der Waals surface area contributed by atoms with Crippen LogP contribution in [0.2, 0.25) is 0 Å². The highest BCUT2D eigenvalue weighted by atomic mass is 16.5. The van der Waals surface area contributed by atoms with Crippen molar-refractivity contribution in [3.8, 4) is 0 Å². The summed E-state index contributed by atoms with van der Waals surface area (Å²) in [4.78, 5) is 12.8. The Kier molecular flexibility index (Phi) is 4.86. The first-order valence-electron chi connectivity index (χ1n) is 3.85. The maximum Gasteiger partial charge on any atom is 0.306 e. The third kappa shape index (κ3) is 4.79. The zero-order chi connectivity index (χ0) is 8.85. The lowest BCUT2D eigenvalue weighted by atomic mass is 10.3. The van der Waals surface area contributed by atoms with Crippen LogP contribution in [0.1, 0.15) is 20.3 Å². The molecular weight excluding hydrogens is 142 g/mol. The van der Waals surface area contributed by atoms with Gasteiger partial charge < -0.3 is 9.64 Å². The smallest absolute Gasteiger partial charge is 0.306 e. The van der Waals surface area contributed by atoms with E-state index in [0.717, 1.165) is 6.54 Å². The lowest BCUT2D eigenvalue weighted by Crippen LogP contribution is -2.28. The van der Waals surface area contributed by atoms with Gasteiger partial charge in [0.15, 0.2) is 0 Å². The van der Waals surface area contributed by atoms with Gasteiger partial charge in [0.25, 0.3) is 0 Å². The van der Waals surface area contributed by atoms with Gasteiger partial charge in [0.1, 0.15) is 0 Å². The molecule has 0 N–H and O–H groups in total. The van der Waals surface area contributed by atoms with Crippen LogP contribution in [0.3, 0.4) is 0 Å². The molecule has 0 spiro atoms. The Labute approximate surface area is 68.3 Å². The van der Waals surface area contributed by atoms with E-state index in [1.807, 2.05) is 7.05 Å². The Bertz CT molecular complexity index is 123. The Balaban J connectivity index is 3.45. The molecule has 0 radical (unpaired) electrons. The summed E-state index contributed by atoms with van der Waals surface area (Å²) in [6.07, 6.45) is 0.477. The minimum atomic E-state index is -0.141. The summed E-state index contributed by atoms with van der Waals surface area (Å²) in [7, 11) is 3.41. The van der Waals surface area contributed by atoms with E-state index in [-0.39, 0.29) is 5.97 Å². The second-order valence-corrected chi connectivity index (χ2v) is 2.90. The molecule has 3 heteroatoms. The predicted molar refractivity (Wildman–Crippen MR) is 44.4 cm³/mol. The first kappa shape index (κ1) is 10.4. The van der Waals surface area contributed by atoms with Gasteiger partial charge in [-0.05, 0) is 20.9 Å². The third-order valence-corrected chi connectivity index (χ3v) is 1.78. The van der Waals surface area contributed by atoms with Crippen molar-refractivity contribution < 1.29 is 9.53 Å². The van der Waals surface area contributed by atoms with Crippen LogP contribution >= 0.6 is 0 Å². The number of hydrogen-bond acceptors (Lipinski definition) is 3. The molecule has 0 aliphatic heterocycles. The molecule has 0 aliphatic carbocycles. The monoisotopic (exact) mass is 159 g/mol. The number of hydrogen-bond donors (Lipinski definition) is 0. The van der Waals surface area contributed by atoms with Crippen LogP contribution in [0.5, 0.6) is 0 Å². The molecule has 0 aromatic heterocycles. The van der Waals surface area contributed by atoms with Gasteiger partial charge >= 0.3 is 5.97 Å². The summed E-state index contributed by atoms with van der Waals surface area (Å²) in [5, 5.41) is 0. The number of ether oxygens (including phenoxy) is 1. The Morgan fingerprint density at radius 3 is 2.45 bits per heavy atom. The van der Waals surface area contributed by atoms with E-state index < -0.39 is 0 Å². The van der Waals surface area contributed by atoms with Crippen LogP contribution < -0.4 is 0 Å². The van der Waals surface area contributed by atoms with Crippen molar-refractivity contribution in [2.45, 2.75) is 26.3 Å². The lowest BCUT2D eigenvalue weighted by molar-refractivity contribution is -0.140. The Hall–Kier alpha value is -0.570. The van der Waals surface area contributed by atoms with Crippen LogP contribution in [-0.4, -0.2) is 37.6 Å². The predicted octanol–water partition coefficient (Wildman–Crippen LogP) is 0.890. The fourth-order valence-electron chi connectivity index (χ4n) is 0.628. The second kappa shape index (κ2) is 5.13. The van der Waals surface area contributed by atoms with E-state index in [9.17, 15) is 4.79 Å². The first-order chi connectivity index (χ1) is 5.07. The summed E-state index contributed by atoms with van der Waals surface area (Å²) in [5.74, 6) is -0.141. The van der Waals surface area contributed by atoms with Gasteiger partial charge in [0.05, 0.1) is 13.5 Å². The van der Waals surface area contributed by atoms with Gasteiger partial charge in [0, 0.05) is 12.6 Å². The summed E-state index contributed by atoms with van der Waals surface area (Å²) in [5.41, 5.74) is 0. The molecule has 0 saturated carbocycles. The van der Waals surface area contributed by atoms with Crippen LogP contribution in [0.15, 0.2) is 0 Å². The first-order valence-corrected chi connectivity index (χ1v) is 3.85. The van der Waals surface area contributed by atoms with Gasteiger partial charge in [-0.3, -0.25) is 4.79 Å². The SMILES string of the molecule is COC(=O)CCN(C)C(C)C. The normalized spacial score (nSPS) is 10.7. The zero-order valence-electron chi connectivity index (χ0n) is 7.76. The standard InChI is InChI=1S/C8H17NO2/c1-7(2)9(3)6-5-8(10)11-4/h7H,5-6H2,1-4H3. The molecule has 0 fully saturated rings. The Morgan fingerprint density at radius 1 is 1.55 bits per heavy atom. The molecule has 0 unspecified atom stereocenters. The number of esters is 1. The van der Waals surface area contributed by atoms with Crippen molar-refractivity contribution in [1.82, 2.24) is 4.90 Å². The third-order valence-electron chi connectivity index (χ3n) is 1.78. The van der Waals surface area contributed by atoms with Gasteiger partial charge in [-0.1, -0.05) is 0 Å². The van der Waals surface area contributed by atoms with Gasteiger partial charge in [-0.15, -0.1) is 0 Å². The summed E-state index contributed by atoms with van der Waals surface area (Å²) in [6.45, 7) is 4.96. The van der Waals surface area contributed by atoms with Gasteiger partial charge in [-0.25, -0.2) is 0 Å². The summed E-state index contributed by atoms with van der Waals surface area (Å²) >= 11 is 0. The molecular formula is C8H17NO2. The molecule has 0 heterocycles. The average molecular weight is 159 g/mol. The Morgan fingerprint density at radius 2 is 2.09 bits per heavy atom. The molecule has 11 heavy (non-hydrogen) atoms. The van der Waals surface area contributed by atoms with Gasteiger partial charge in [0.2, 0.25) is 0 Å². The molecule has 0 aromatic carbocycles. The highest BCUT2D eigenvalue weighted by molar-refractivity contribution is 5.69. The fraction of sp³-hybridized carbons (Fsp3) is 0.875. The molecule has 3 nitrogen and oxygen atoms in total. The van der Waals surface area contributed by atoms with E-state index in [4.69, 9.17) is 0 Å². The van der Waals surface area contributed by atoms with Crippen molar-refractivity contribution >= 4 is 5.97 Å². The largest absolute Gasteiger partial charge is 0.469 e. The van der Waals surface area contributed by atoms with Crippen molar-refractivity contribution in [1.29, 1.82) is 0 Å². The van der Waals surface area contributed by atoms with Crippen LogP contribution in [-0.2, 0) is 9.53 Å². The van der Waals surface area contributed by atoms with E-state index in [2.05, 4.69) is 23.5 Å². The van der Waals surface area contributed by atoms with Gasteiger partial charge in [-0.2, -0.15) is 0 Å². The number of carbonyl (C=O) groups excluding carboxylic acids is 1. The highest BCUT2D eigenvalue weighted by Crippen LogP contribution is 1.95. The van der Waals surface area contributed by atoms with Crippen molar-refractivity contribution in [2.24, 2.45) is 0 Å². The molecule has 0 aromatic rings. The van der Waals surface area contributed by atoms with E-state index in [1.54, 1.807) is 0 Å². The summed E-state index contributed by atoms with van der Waals surface area (Å²) in [6, 6.07) is 0.486. The van der Waals surface area contributed by atoms with Crippen LogP contribution in [0.25, 0.3) is 0 Å². The minimum absolute atomic E-state index is 0.141. The maximum absolute atomic E-state index is 10.7. The minimum Gasteiger partial charge on any atom is -0.469 e. The molecule has 0 saturated heterocycles. The van der Waals surface area contributed by atoms with E-state index in [1.165, 1.54) is 7.11 Å². The fourth-order valence-corrected chi connectivity index (χ4v) is 0.628.